The molecule has 0 radical (unpaired) electrons. The van der Waals surface area contributed by atoms with Crippen molar-refractivity contribution in [2.45, 2.75) is 45.1 Å². The van der Waals surface area contributed by atoms with Crippen molar-refractivity contribution in [3.8, 4) is 0 Å². The predicted molar refractivity (Wildman–Crippen MR) is 60.5 cm³/mol. The summed E-state index contributed by atoms with van der Waals surface area (Å²) in [5.74, 6) is 0.722. The Morgan fingerprint density at radius 3 is 2.87 bits per heavy atom. The maximum Gasteiger partial charge on any atom is 0.0810 e. The Morgan fingerprint density at radius 2 is 2.20 bits per heavy atom. The lowest BCUT2D eigenvalue weighted by Crippen LogP contribution is -2.06. The predicted octanol–water partition coefficient (Wildman–Crippen LogP) is 3.00. The van der Waals surface area contributed by atoms with Crippen LogP contribution in [-0.4, -0.2) is 10.1 Å². The molecule has 1 aliphatic carbocycles. The first-order chi connectivity index (χ1) is 7.27. The van der Waals surface area contributed by atoms with Crippen molar-refractivity contribution in [3.05, 3.63) is 29.6 Å². The van der Waals surface area contributed by atoms with Crippen LogP contribution in [0.4, 0.5) is 0 Å². The summed E-state index contributed by atoms with van der Waals surface area (Å²) < 4.78 is 0. The van der Waals surface area contributed by atoms with Gasteiger partial charge in [0.05, 0.1) is 6.10 Å². The molecule has 0 amide bonds. The molecule has 1 fully saturated rings. The van der Waals surface area contributed by atoms with E-state index in [0.717, 1.165) is 23.6 Å². The van der Waals surface area contributed by atoms with Crippen molar-refractivity contribution in [1.29, 1.82) is 0 Å². The molecule has 2 nitrogen and oxygen atoms in total. The van der Waals surface area contributed by atoms with E-state index in [0.29, 0.717) is 0 Å². The summed E-state index contributed by atoms with van der Waals surface area (Å²) in [5, 5.41) is 10.1. The molecule has 1 N–H and O–H groups in total. The largest absolute Gasteiger partial charge is 0.388 e. The molecule has 2 rings (SSSR count). The lowest BCUT2D eigenvalue weighted by atomic mass is 9.95. The van der Waals surface area contributed by atoms with Crippen LogP contribution in [0, 0.1) is 12.8 Å². The topological polar surface area (TPSA) is 33.1 Å². The second-order valence-electron chi connectivity index (χ2n) is 4.58. The van der Waals surface area contributed by atoms with Crippen LogP contribution in [0.25, 0.3) is 0 Å². The van der Waals surface area contributed by atoms with Crippen LogP contribution in [-0.2, 0) is 0 Å². The molecule has 1 atom stereocenters. The average molecular weight is 205 g/mol. The summed E-state index contributed by atoms with van der Waals surface area (Å²) in [7, 11) is 0. The summed E-state index contributed by atoms with van der Waals surface area (Å²) in [6.45, 7) is 1.97. The van der Waals surface area contributed by atoms with Gasteiger partial charge in [-0.15, -0.1) is 0 Å². The summed E-state index contributed by atoms with van der Waals surface area (Å²) in [6, 6.07) is 3.89. The Kier molecular flexibility index (Phi) is 3.37. The fourth-order valence-corrected chi connectivity index (χ4v) is 2.54. The highest BCUT2D eigenvalue weighted by molar-refractivity contribution is 5.20. The Balaban J connectivity index is 2.00. The Morgan fingerprint density at radius 1 is 1.47 bits per heavy atom. The van der Waals surface area contributed by atoms with Gasteiger partial charge in [-0.25, -0.2) is 0 Å². The SMILES string of the molecule is Cc1ncccc1C(O)CC1CCCC1. The Labute approximate surface area is 91.4 Å². The van der Waals surface area contributed by atoms with E-state index >= 15 is 0 Å². The van der Waals surface area contributed by atoms with Crippen LogP contribution in [0.3, 0.4) is 0 Å². The first-order valence-electron chi connectivity index (χ1n) is 5.87. The number of rotatable bonds is 3. The van der Waals surface area contributed by atoms with Crippen molar-refractivity contribution in [1.82, 2.24) is 4.98 Å². The molecule has 1 saturated carbocycles. The van der Waals surface area contributed by atoms with Gasteiger partial charge in [-0.2, -0.15) is 0 Å². The minimum atomic E-state index is -0.318. The lowest BCUT2D eigenvalue weighted by Gasteiger charge is -2.16. The maximum absolute atomic E-state index is 10.1. The fraction of sp³-hybridized carbons (Fsp3) is 0.615. The second-order valence-corrected chi connectivity index (χ2v) is 4.58. The molecule has 0 bridgehead atoms. The molecule has 0 spiro atoms. The molecule has 0 saturated heterocycles. The number of aromatic nitrogens is 1. The van der Waals surface area contributed by atoms with E-state index < -0.39 is 0 Å². The molecule has 15 heavy (non-hydrogen) atoms. The summed E-state index contributed by atoms with van der Waals surface area (Å²) in [5.41, 5.74) is 1.97. The van der Waals surface area contributed by atoms with Crippen LogP contribution in [0.15, 0.2) is 18.3 Å². The van der Waals surface area contributed by atoms with Crippen LogP contribution >= 0.6 is 0 Å². The molecule has 1 aromatic heterocycles. The molecule has 82 valence electrons. The highest BCUT2D eigenvalue weighted by Gasteiger charge is 2.20. The molecule has 1 unspecified atom stereocenters. The first kappa shape index (κ1) is 10.6. The molecular weight excluding hydrogens is 186 g/mol. The highest BCUT2D eigenvalue weighted by atomic mass is 16.3. The van der Waals surface area contributed by atoms with Gasteiger partial charge in [-0.1, -0.05) is 31.7 Å². The van der Waals surface area contributed by atoms with E-state index in [4.69, 9.17) is 0 Å². The zero-order valence-corrected chi connectivity index (χ0v) is 9.32. The van der Waals surface area contributed by atoms with Crippen molar-refractivity contribution in [2.24, 2.45) is 5.92 Å². The van der Waals surface area contributed by atoms with E-state index in [1.807, 2.05) is 19.1 Å². The third-order valence-electron chi connectivity index (χ3n) is 3.44. The van der Waals surface area contributed by atoms with Crippen LogP contribution in [0.2, 0.25) is 0 Å². The zero-order chi connectivity index (χ0) is 10.7. The number of aliphatic hydroxyl groups is 1. The Hall–Kier alpha value is -0.890. The van der Waals surface area contributed by atoms with Crippen LogP contribution in [0.5, 0.6) is 0 Å². The van der Waals surface area contributed by atoms with Gasteiger partial charge in [0, 0.05) is 17.5 Å². The normalized spacial score (nSPS) is 19.3. The van der Waals surface area contributed by atoms with Crippen LogP contribution < -0.4 is 0 Å². The van der Waals surface area contributed by atoms with Crippen molar-refractivity contribution in [3.63, 3.8) is 0 Å². The third kappa shape index (κ3) is 2.57. The maximum atomic E-state index is 10.1. The number of aryl methyl sites for hydroxylation is 1. The lowest BCUT2D eigenvalue weighted by molar-refractivity contribution is 0.144. The molecule has 1 heterocycles. The van der Waals surface area contributed by atoms with Gasteiger partial charge < -0.3 is 5.11 Å². The van der Waals surface area contributed by atoms with Gasteiger partial charge >= 0.3 is 0 Å². The summed E-state index contributed by atoms with van der Waals surface area (Å²) in [6.07, 6.45) is 7.62. The fourth-order valence-electron chi connectivity index (χ4n) is 2.54. The van der Waals surface area contributed by atoms with Gasteiger partial charge in [0.15, 0.2) is 0 Å². The van der Waals surface area contributed by atoms with Gasteiger partial charge in [-0.05, 0) is 25.3 Å². The number of pyridine rings is 1. The van der Waals surface area contributed by atoms with Gasteiger partial charge in [0.25, 0.3) is 0 Å². The average Bonchev–Trinajstić information content (AvgIpc) is 2.71. The van der Waals surface area contributed by atoms with Crippen molar-refractivity contribution in [2.75, 3.05) is 0 Å². The van der Waals surface area contributed by atoms with E-state index in [9.17, 15) is 5.11 Å². The van der Waals surface area contributed by atoms with E-state index in [2.05, 4.69) is 4.98 Å². The monoisotopic (exact) mass is 205 g/mol. The molecular formula is C13H19NO. The second kappa shape index (κ2) is 4.75. The number of hydrogen-bond acceptors (Lipinski definition) is 2. The third-order valence-corrected chi connectivity index (χ3v) is 3.44. The Bertz CT molecular complexity index is 318. The molecule has 1 aliphatic rings. The minimum absolute atomic E-state index is 0.318. The van der Waals surface area contributed by atoms with Crippen molar-refractivity contribution < 1.29 is 5.11 Å². The van der Waals surface area contributed by atoms with Gasteiger partial charge in [-0.3, -0.25) is 4.98 Å². The van der Waals surface area contributed by atoms with Crippen LogP contribution in [0.1, 0.15) is 49.5 Å². The number of nitrogens with zero attached hydrogens (tertiary/aromatic N) is 1. The quantitative estimate of drug-likeness (QED) is 0.822. The van der Waals surface area contributed by atoms with Crippen molar-refractivity contribution >= 4 is 0 Å². The number of aliphatic hydroxyl groups excluding tert-OH is 1. The summed E-state index contributed by atoms with van der Waals surface area (Å²) >= 11 is 0. The van der Waals surface area contributed by atoms with E-state index in [1.165, 1.54) is 25.7 Å². The minimum Gasteiger partial charge on any atom is -0.388 e. The number of hydrogen-bond donors (Lipinski definition) is 1. The first-order valence-corrected chi connectivity index (χ1v) is 5.87. The molecule has 0 aromatic carbocycles. The van der Waals surface area contributed by atoms with E-state index in [1.54, 1.807) is 6.20 Å². The molecule has 1 aromatic rings. The van der Waals surface area contributed by atoms with Gasteiger partial charge in [0.2, 0.25) is 0 Å². The van der Waals surface area contributed by atoms with Gasteiger partial charge in [0.1, 0.15) is 0 Å². The standard InChI is InChI=1S/C13H19NO/c1-10-12(7-4-8-14-10)13(15)9-11-5-2-3-6-11/h4,7-8,11,13,15H,2-3,5-6,9H2,1H3. The van der Waals surface area contributed by atoms with E-state index in [-0.39, 0.29) is 6.10 Å². The zero-order valence-electron chi connectivity index (χ0n) is 9.32. The smallest absolute Gasteiger partial charge is 0.0810 e. The highest BCUT2D eigenvalue weighted by Crippen LogP contribution is 2.33. The molecule has 0 aliphatic heterocycles. The molecule has 2 heteroatoms. The summed E-state index contributed by atoms with van der Waals surface area (Å²) in [4.78, 5) is 4.21.